The number of nitrogens with zero attached hydrogens (tertiary/aromatic N) is 2. The van der Waals surface area contributed by atoms with Crippen molar-refractivity contribution in [3.63, 3.8) is 0 Å². The molecule has 4 N–H and O–H groups in total. The van der Waals surface area contributed by atoms with E-state index in [1.807, 2.05) is 0 Å². The van der Waals surface area contributed by atoms with Crippen molar-refractivity contribution < 1.29 is 36.0 Å². The van der Waals surface area contributed by atoms with E-state index in [4.69, 9.17) is 10.2 Å². The van der Waals surface area contributed by atoms with Gasteiger partial charge in [-0.05, 0) is 66.9 Å². The second-order valence-corrected chi connectivity index (χ2v) is 10.3. The summed E-state index contributed by atoms with van der Waals surface area (Å²) in [5.41, 5.74) is 5.22. The standard InChI is InChI=1S/C30H26F5N5O3/c31-29(32)9-7-21(8-10-29)40-28(42)18-3-4-24(37-15-18)19-11-20-12-22(43-27(20)23(13-19)30(33,34)35)16-39-26(41)6-2-17-1-5-25(36)38-14-17/h1-6,11-15,21H,7-10,16H2,(H2,36,38)(H,39,41)(H,40,42). The first kappa shape index (κ1) is 29.7. The molecular formula is C30H26F5N5O3. The Morgan fingerprint density at radius 3 is 2.47 bits per heavy atom. The van der Waals surface area contributed by atoms with E-state index in [0.717, 1.165) is 6.07 Å². The molecular weight excluding hydrogens is 573 g/mol. The number of aromatic nitrogens is 2. The summed E-state index contributed by atoms with van der Waals surface area (Å²) in [5.74, 6) is -3.28. The van der Waals surface area contributed by atoms with E-state index in [2.05, 4.69) is 20.6 Å². The van der Waals surface area contributed by atoms with E-state index in [1.54, 1.807) is 12.1 Å². The van der Waals surface area contributed by atoms with Crippen molar-refractivity contribution in [2.24, 2.45) is 0 Å². The lowest BCUT2D eigenvalue weighted by Gasteiger charge is -2.28. The average Bonchev–Trinajstić information content (AvgIpc) is 3.39. The molecule has 0 saturated heterocycles. The second kappa shape index (κ2) is 11.8. The molecule has 2 amide bonds. The third-order valence-corrected chi connectivity index (χ3v) is 7.02. The van der Waals surface area contributed by atoms with Gasteiger partial charge in [-0.1, -0.05) is 0 Å². The van der Waals surface area contributed by atoms with E-state index in [0.29, 0.717) is 11.4 Å². The zero-order valence-electron chi connectivity index (χ0n) is 22.6. The highest BCUT2D eigenvalue weighted by Crippen LogP contribution is 2.39. The van der Waals surface area contributed by atoms with Gasteiger partial charge in [0.05, 0.1) is 23.4 Å². The molecule has 3 heterocycles. The highest BCUT2D eigenvalue weighted by Gasteiger charge is 2.36. The number of nitrogens with one attached hydrogen (secondary N) is 2. The van der Waals surface area contributed by atoms with Crippen LogP contribution >= 0.6 is 0 Å². The Morgan fingerprint density at radius 1 is 1.05 bits per heavy atom. The predicted molar refractivity (Wildman–Crippen MR) is 149 cm³/mol. The molecule has 0 spiro atoms. The van der Waals surface area contributed by atoms with Crippen molar-refractivity contribution >= 4 is 34.7 Å². The topological polar surface area (TPSA) is 123 Å². The minimum Gasteiger partial charge on any atom is -0.459 e. The second-order valence-electron chi connectivity index (χ2n) is 10.3. The molecule has 0 bridgehead atoms. The fourth-order valence-electron chi connectivity index (χ4n) is 4.72. The number of furan rings is 1. The molecule has 0 unspecified atom stereocenters. The van der Waals surface area contributed by atoms with E-state index in [9.17, 15) is 31.5 Å². The SMILES string of the molecule is Nc1ccc(C=CC(=O)NCc2cc3cc(-c4ccc(C(=O)NC5CCC(F)(F)CC5)cn4)cc(C(F)(F)F)c3o2)cn1. The van der Waals surface area contributed by atoms with Gasteiger partial charge in [-0.3, -0.25) is 14.6 Å². The summed E-state index contributed by atoms with van der Waals surface area (Å²) in [6, 6.07) is 9.45. The van der Waals surface area contributed by atoms with Crippen LogP contribution in [0.3, 0.4) is 0 Å². The number of carbonyl (C=O) groups is 2. The molecule has 1 fully saturated rings. The summed E-state index contributed by atoms with van der Waals surface area (Å²) in [4.78, 5) is 32.9. The number of alkyl halides is 5. The number of amides is 2. The predicted octanol–water partition coefficient (Wildman–Crippen LogP) is 6.13. The van der Waals surface area contributed by atoms with Crippen molar-refractivity contribution in [2.75, 3.05) is 5.73 Å². The Labute approximate surface area is 242 Å². The van der Waals surface area contributed by atoms with Gasteiger partial charge in [0.1, 0.15) is 17.2 Å². The van der Waals surface area contributed by atoms with Crippen molar-refractivity contribution in [3.05, 3.63) is 83.4 Å². The molecule has 224 valence electrons. The first-order valence-corrected chi connectivity index (χ1v) is 13.3. The maximum absolute atomic E-state index is 14.0. The summed E-state index contributed by atoms with van der Waals surface area (Å²) in [5, 5.41) is 5.42. The number of pyridine rings is 2. The molecule has 43 heavy (non-hydrogen) atoms. The Kier molecular flexibility index (Phi) is 8.16. The van der Waals surface area contributed by atoms with Gasteiger partial charge in [0.25, 0.3) is 5.91 Å². The summed E-state index contributed by atoms with van der Waals surface area (Å²) in [6.07, 6.45) is 0.406. The Bertz CT molecular complexity index is 1650. The van der Waals surface area contributed by atoms with Crippen LogP contribution < -0.4 is 16.4 Å². The number of hydrogen-bond donors (Lipinski definition) is 3. The molecule has 1 aliphatic carbocycles. The molecule has 0 atom stereocenters. The number of rotatable bonds is 7. The van der Waals surface area contributed by atoms with Crippen molar-refractivity contribution in [2.45, 2.75) is 50.4 Å². The maximum atomic E-state index is 14.0. The van der Waals surface area contributed by atoms with E-state index in [1.165, 1.54) is 48.8 Å². The molecule has 1 aromatic carbocycles. The average molecular weight is 600 g/mol. The van der Waals surface area contributed by atoms with Crippen LogP contribution in [0.1, 0.15) is 52.9 Å². The number of nitrogen functional groups attached to an aromatic ring is 1. The van der Waals surface area contributed by atoms with Crippen LogP contribution in [0.5, 0.6) is 0 Å². The molecule has 5 rings (SSSR count). The van der Waals surface area contributed by atoms with Gasteiger partial charge in [0, 0.05) is 48.3 Å². The Morgan fingerprint density at radius 2 is 1.81 bits per heavy atom. The van der Waals surface area contributed by atoms with Gasteiger partial charge in [-0.2, -0.15) is 13.2 Å². The van der Waals surface area contributed by atoms with E-state index in [-0.39, 0.29) is 66.2 Å². The molecule has 1 saturated carbocycles. The van der Waals surface area contributed by atoms with Crippen LogP contribution in [0.4, 0.5) is 27.8 Å². The number of benzene rings is 1. The minimum atomic E-state index is -4.75. The molecule has 1 aliphatic rings. The number of carbonyl (C=O) groups excluding carboxylic acids is 2. The number of nitrogens with two attached hydrogens (primary N) is 1. The van der Waals surface area contributed by atoms with Crippen LogP contribution in [0.25, 0.3) is 28.3 Å². The van der Waals surface area contributed by atoms with Gasteiger partial charge in [-0.25, -0.2) is 13.8 Å². The first-order valence-electron chi connectivity index (χ1n) is 13.3. The molecule has 0 radical (unpaired) electrons. The minimum absolute atomic E-state index is 0.106. The highest BCUT2D eigenvalue weighted by molar-refractivity contribution is 5.95. The molecule has 8 nitrogen and oxygen atoms in total. The van der Waals surface area contributed by atoms with Gasteiger partial charge in [0.2, 0.25) is 11.8 Å². The number of halogens is 5. The number of anilines is 1. The van der Waals surface area contributed by atoms with Crippen molar-refractivity contribution in [1.29, 1.82) is 0 Å². The summed E-state index contributed by atoms with van der Waals surface area (Å²) in [7, 11) is 0. The van der Waals surface area contributed by atoms with Gasteiger partial charge >= 0.3 is 6.18 Å². The monoisotopic (exact) mass is 599 g/mol. The van der Waals surface area contributed by atoms with Gasteiger partial charge in [-0.15, -0.1) is 0 Å². The highest BCUT2D eigenvalue weighted by atomic mass is 19.4. The smallest absolute Gasteiger partial charge is 0.420 e. The van der Waals surface area contributed by atoms with Crippen LogP contribution in [-0.4, -0.2) is 33.7 Å². The first-order chi connectivity index (χ1) is 20.4. The lowest BCUT2D eigenvalue weighted by molar-refractivity contribution is -0.136. The Balaban J connectivity index is 1.30. The normalized spacial score (nSPS) is 15.6. The Hall–Kier alpha value is -4.81. The van der Waals surface area contributed by atoms with Gasteiger partial charge in [0.15, 0.2) is 0 Å². The van der Waals surface area contributed by atoms with Gasteiger partial charge < -0.3 is 20.8 Å². The molecule has 13 heteroatoms. The molecule has 3 aromatic heterocycles. The summed E-state index contributed by atoms with van der Waals surface area (Å²) in [6.45, 7) is -0.162. The molecule has 4 aromatic rings. The fourth-order valence-corrected chi connectivity index (χ4v) is 4.72. The quantitative estimate of drug-likeness (QED) is 0.174. The van der Waals surface area contributed by atoms with Crippen LogP contribution in [0.15, 0.2) is 65.4 Å². The van der Waals surface area contributed by atoms with Crippen LogP contribution in [-0.2, 0) is 17.5 Å². The number of hydrogen-bond acceptors (Lipinski definition) is 6. The summed E-state index contributed by atoms with van der Waals surface area (Å²) >= 11 is 0. The van der Waals surface area contributed by atoms with E-state index < -0.39 is 35.1 Å². The summed E-state index contributed by atoms with van der Waals surface area (Å²) < 4.78 is 74.2. The maximum Gasteiger partial charge on any atom is 0.420 e. The number of fused-ring (bicyclic) bond motifs is 1. The zero-order valence-corrected chi connectivity index (χ0v) is 22.6. The van der Waals surface area contributed by atoms with Crippen molar-refractivity contribution in [3.8, 4) is 11.3 Å². The fraction of sp³-hybridized carbons (Fsp3) is 0.267. The van der Waals surface area contributed by atoms with Crippen molar-refractivity contribution in [1.82, 2.24) is 20.6 Å². The lowest BCUT2D eigenvalue weighted by Crippen LogP contribution is -2.40. The van der Waals surface area contributed by atoms with Crippen LogP contribution in [0, 0.1) is 0 Å². The largest absolute Gasteiger partial charge is 0.459 e. The lowest BCUT2D eigenvalue weighted by atomic mass is 9.92. The van der Waals surface area contributed by atoms with Crippen LogP contribution in [0.2, 0.25) is 0 Å². The third-order valence-electron chi connectivity index (χ3n) is 7.02. The molecule has 0 aliphatic heterocycles. The zero-order chi connectivity index (χ0) is 30.8. The van der Waals surface area contributed by atoms with E-state index >= 15 is 0 Å². The third kappa shape index (κ3) is 7.34.